The van der Waals surface area contributed by atoms with E-state index in [2.05, 4.69) is 14.8 Å². The molecule has 0 radical (unpaired) electrons. The fraction of sp³-hybridized carbons (Fsp3) is 0.857. The Morgan fingerprint density at radius 1 is 1.57 bits per heavy atom. The van der Waals surface area contributed by atoms with Crippen LogP contribution in [0.4, 0.5) is 0 Å². The van der Waals surface area contributed by atoms with E-state index in [0.717, 1.165) is 0 Å². The molecule has 0 atom stereocenters. The summed E-state index contributed by atoms with van der Waals surface area (Å²) in [6.07, 6.45) is 0. The normalized spacial score (nSPS) is 10.5. The summed E-state index contributed by atoms with van der Waals surface area (Å²) in [6.45, 7) is 0.365. The van der Waals surface area contributed by atoms with Crippen molar-refractivity contribution in [3.8, 4) is 0 Å². The lowest BCUT2D eigenvalue weighted by Gasteiger charge is -2.21. The number of hydrogen-bond acceptors (Lipinski definition) is 5. The van der Waals surface area contributed by atoms with Crippen molar-refractivity contribution in [2.45, 2.75) is 6.92 Å². The van der Waals surface area contributed by atoms with Crippen molar-refractivity contribution in [1.29, 1.82) is 0 Å². The molecule has 0 aromatic carbocycles. The number of azide groups is 1. The smallest absolute Gasteiger partial charge is 0.316 e. The van der Waals surface area contributed by atoms with Crippen LogP contribution in [0, 0.1) is 5.41 Å². The minimum atomic E-state index is -1.30. The molecular weight excluding hydrogens is 190 g/mol. The van der Waals surface area contributed by atoms with Crippen LogP contribution < -0.4 is 0 Å². The highest BCUT2D eigenvalue weighted by molar-refractivity contribution is 5.76. The molecule has 7 heteroatoms. The second kappa shape index (κ2) is 6.20. The monoisotopic (exact) mass is 203 g/mol. The Labute approximate surface area is 80.9 Å². The summed E-state index contributed by atoms with van der Waals surface area (Å²) < 4.78 is 4.67. The lowest BCUT2D eigenvalue weighted by Crippen LogP contribution is -2.37. The third-order valence-electron chi connectivity index (χ3n) is 1.68. The molecule has 0 fully saturated rings. The topological polar surface area (TPSA) is 116 Å². The van der Waals surface area contributed by atoms with Crippen molar-refractivity contribution in [2.75, 3.05) is 26.4 Å². The summed E-state index contributed by atoms with van der Waals surface area (Å²) in [7, 11) is 0. The maximum atomic E-state index is 11.2. The number of ether oxygens (including phenoxy) is 1. The summed E-state index contributed by atoms with van der Waals surface area (Å²) in [5.41, 5.74) is 6.63. The molecular formula is C7H13N3O4. The van der Waals surface area contributed by atoms with E-state index in [9.17, 15) is 4.79 Å². The Morgan fingerprint density at radius 3 is 2.57 bits per heavy atom. The summed E-state index contributed by atoms with van der Waals surface area (Å²) in [5, 5.41) is 20.8. The molecule has 0 unspecified atom stereocenters. The van der Waals surface area contributed by atoms with Gasteiger partial charge in [0.2, 0.25) is 0 Å². The molecule has 2 N–H and O–H groups in total. The SMILES string of the molecule is CC(CO)(CO)C(=O)OCCN=[N+]=[N-]. The molecule has 80 valence electrons. The van der Waals surface area contributed by atoms with Crippen molar-refractivity contribution in [2.24, 2.45) is 10.5 Å². The van der Waals surface area contributed by atoms with Crippen molar-refractivity contribution < 1.29 is 19.7 Å². The first-order valence-corrected chi connectivity index (χ1v) is 4.00. The molecule has 0 bridgehead atoms. The predicted molar refractivity (Wildman–Crippen MR) is 47.3 cm³/mol. The lowest BCUT2D eigenvalue weighted by molar-refractivity contribution is -0.159. The highest BCUT2D eigenvalue weighted by Gasteiger charge is 2.33. The lowest BCUT2D eigenvalue weighted by atomic mass is 9.93. The zero-order chi connectivity index (χ0) is 11.0. The van der Waals surface area contributed by atoms with Gasteiger partial charge in [-0.1, -0.05) is 5.11 Å². The van der Waals surface area contributed by atoms with E-state index in [1.165, 1.54) is 6.92 Å². The molecule has 0 aliphatic carbocycles. The molecule has 0 amide bonds. The van der Waals surface area contributed by atoms with Crippen molar-refractivity contribution >= 4 is 5.97 Å². The number of rotatable bonds is 6. The average molecular weight is 203 g/mol. The van der Waals surface area contributed by atoms with Crippen LogP contribution in [-0.2, 0) is 9.53 Å². The molecule has 0 spiro atoms. The van der Waals surface area contributed by atoms with E-state index in [-0.39, 0.29) is 13.2 Å². The van der Waals surface area contributed by atoms with Crippen LogP contribution in [0.15, 0.2) is 5.11 Å². The number of carbonyl (C=O) groups is 1. The maximum absolute atomic E-state index is 11.2. The summed E-state index contributed by atoms with van der Waals surface area (Å²) in [6, 6.07) is 0. The maximum Gasteiger partial charge on any atom is 0.316 e. The van der Waals surface area contributed by atoms with Gasteiger partial charge in [-0.2, -0.15) is 0 Å². The molecule has 0 aliphatic rings. The van der Waals surface area contributed by atoms with Crippen LogP contribution >= 0.6 is 0 Å². The molecule has 0 rings (SSSR count). The largest absolute Gasteiger partial charge is 0.465 e. The molecule has 0 aromatic rings. The molecule has 14 heavy (non-hydrogen) atoms. The highest BCUT2D eigenvalue weighted by Crippen LogP contribution is 2.16. The molecule has 0 saturated heterocycles. The zero-order valence-electron chi connectivity index (χ0n) is 7.88. The first-order valence-electron chi connectivity index (χ1n) is 4.00. The number of carbonyl (C=O) groups excluding carboxylic acids is 1. The van der Waals surface area contributed by atoms with Crippen LogP contribution in [-0.4, -0.2) is 42.5 Å². The number of nitrogens with zero attached hydrogens (tertiary/aromatic N) is 3. The van der Waals surface area contributed by atoms with Gasteiger partial charge in [-0.25, -0.2) is 0 Å². The quantitative estimate of drug-likeness (QED) is 0.205. The van der Waals surface area contributed by atoms with Gasteiger partial charge in [0.15, 0.2) is 0 Å². The molecule has 0 aromatic heterocycles. The van der Waals surface area contributed by atoms with Crippen LogP contribution in [0.3, 0.4) is 0 Å². The number of aliphatic hydroxyl groups excluding tert-OH is 2. The van der Waals surface area contributed by atoms with Crippen molar-refractivity contribution in [3.05, 3.63) is 10.4 Å². The van der Waals surface area contributed by atoms with E-state index in [0.29, 0.717) is 0 Å². The van der Waals surface area contributed by atoms with Gasteiger partial charge in [-0.15, -0.1) is 0 Å². The number of aliphatic hydroxyl groups is 2. The minimum absolute atomic E-state index is 0.0369. The van der Waals surface area contributed by atoms with Crippen LogP contribution in [0.25, 0.3) is 10.4 Å². The van der Waals surface area contributed by atoms with Gasteiger partial charge < -0.3 is 14.9 Å². The Morgan fingerprint density at radius 2 is 2.14 bits per heavy atom. The molecule has 0 heterocycles. The Balaban J connectivity index is 3.99. The Kier molecular flexibility index (Phi) is 5.62. The van der Waals surface area contributed by atoms with Crippen molar-refractivity contribution in [3.63, 3.8) is 0 Å². The van der Waals surface area contributed by atoms with E-state index in [1.807, 2.05) is 0 Å². The van der Waals surface area contributed by atoms with Crippen LogP contribution in [0.2, 0.25) is 0 Å². The number of esters is 1. The Bertz CT molecular complexity index is 233. The van der Waals surface area contributed by atoms with Crippen LogP contribution in [0.1, 0.15) is 6.92 Å². The standard InChI is InChI=1S/C7H13N3O4/c1-7(4-11,5-12)6(13)14-3-2-9-10-8/h11-12H,2-5H2,1H3. The van der Waals surface area contributed by atoms with Gasteiger partial charge in [0.1, 0.15) is 5.41 Å². The fourth-order valence-corrected chi connectivity index (χ4v) is 0.577. The van der Waals surface area contributed by atoms with Gasteiger partial charge in [-0.3, -0.25) is 4.79 Å². The van der Waals surface area contributed by atoms with E-state index in [1.54, 1.807) is 0 Å². The first kappa shape index (κ1) is 12.7. The van der Waals surface area contributed by atoms with E-state index < -0.39 is 24.6 Å². The average Bonchev–Trinajstić information content (AvgIpc) is 2.22. The second-order valence-corrected chi connectivity index (χ2v) is 2.97. The number of hydrogen-bond donors (Lipinski definition) is 2. The third kappa shape index (κ3) is 3.61. The van der Waals surface area contributed by atoms with Crippen LogP contribution in [0.5, 0.6) is 0 Å². The fourth-order valence-electron chi connectivity index (χ4n) is 0.577. The van der Waals surface area contributed by atoms with Gasteiger partial charge in [-0.05, 0) is 12.5 Å². The van der Waals surface area contributed by atoms with E-state index in [4.69, 9.17) is 15.7 Å². The van der Waals surface area contributed by atoms with Gasteiger partial charge in [0.05, 0.1) is 26.4 Å². The van der Waals surface area contributed by atoms with Gasteiger partial charge in [0.25, 0.3) is 0 Å². The second-order valence-electron chi connectivity index (χ2n) is 2.97. The minimum Gasteiger partial charge on any atom is -0.465 e. The highest BCUT2D eigenvalue weighted by atomic mass is 16.5. The third-order valence-corrected chi connectivity index (χ3v) is 1.68. The van der Waals surface area contributed by atoms with E-state index >= 15 is 0 Å². The van der Waals surface area contributed by atoms with Gasteiger partial charge >= 0.3 is 5.97 Å². The molecule has 0 aliphatic heterocycles. The summed E-state index contributed by atoms with van der Waals surface area (Å²) >= 11 is 0. The molecule has 0 saturated carbocycles. The van der Waals surface area contributed by atoms with Crippen molar-refractivity contribution in [1.82, 2.24) is 0 Å². The zero-order valence-corrected chi connectivity index (χ0v) is 7.88. The predicted octanol–water partition coefficient (Wildman–Crippen LogP) is -0.169. The summed E-state index contributed by atoms with van der Waals surface area (Å²) in [5.74, 6) is -0.712. The molecule has 7 nitrogen and oxygen atoms in total. The van der Waals surface area contributed by atoms with Gasteiger partial charge in [0, 0.05) is 4.91 Å². The Hall–Kier alpha value is -1.30. The first-order chi connectivity index (χ1) is 6.60. The summed E-state index contributed by atoms with van der Waals surface area (Å²) in [4.78, 5) is 13.7.